The summed E-state index contributed by atoms with van der Waals surface area (Å²) in [4.78, 5) is 48.4. The molecule has 0 aliphatic carbocycles. The highest BCUT2D eigenvalue weighted by Crippen LogP contribution is 2.30. The van der Waals surface area contributed by atoms with Crippen molar-refractivity contribution in [2.45, 2.75) is 12.0 Å². The minimum Gasteiger partial charge on any atom is -0.303 e. The van der Waals surface area contributed by atoms with Gasteiger partial charge in [-0.15, -0.1) is 0 Å². The van der Waals surface area contributed by atoms with Crippen LogP contribution in [0.3, 0.4) is 0 Å². The van der Waals surface area contributed by atoms with Crippen molar-refractivity contribution in [2.75, 3.05) is 6.54 Å². The summed E-state index contributed by atoms with van der Waals surface area (Å²) in [5.74, 6) is -2.21. The maximum Gasteiger partial charge on any atom is 0.262 e. The van der Waals surface area contributed by atoms with Gasteiger partial charge in [-0.3, -0.25) is 24.6 Å². The lowest BCUT2D eigenvalue weighted by Gasteiger charge is -2.27. The van der Waals surface area contributed by atoms with Crippen LogP contribution < -0.4 is 0 Å². The number of fused-ring (bicyclic) bond motifs is 1. The minimum atomic E-state index is -1.19. The zero-order chi connectivity index (χ0) is 18.0. The highest BCUT2D eigenvalue weighted by atomic mass is 16.6. The van der Waals surface area contributed by atoms with Crippen LogP contribution in [-0.2, 0) is 4.79 Å². The van der Waals surface area contributed by atoms with Crippen molar-refractivity contribution in [2.24, 2.45) is 0 Å². The molecule has 2 aromatic carbocycles. The Kier molecular flexibility index (Phi) is 4.38. The van der Waals surface area contributed by atoms with Gasteiger partial charge in [-0.1, -0.05) is 42.5 Å². The van der Waals surface area contributed by atoms with E-state index in [2.05, 4.69) is 0 Å². The summed E-state index contributed by atoms with van der Waals surface area (Å²) in [5, 5.41) is 11.1. The second-order valence-electron chi connectivity index (χ2n) is 5.68. The first-order valence-corrected chi connectivity index (χ1v) is 7.63. The van der Waals surface area contributed by atoms with Gasteiger partial charge in [-0.25, -0.2) is 0 Å². The molecule has 0 spiro atoms. The van der Waals surface area contributed by atoms with Crippen LogP contribution in [-0.4, -0.2) is 40.5 Å². The molecule has 0 saturated heterocycles. The van der Waals surface area contributed by atoms with E-state index in [9.17, 15) is 24.5 Å². The van der Waals surface area contributed by atoms with Crippen LogP contribution in [0.1, 0.15) is 32.2 Å². The van der Waals surface area contributed by atoms with Gasteiger partial charge in [-0.05, 0) is 17.7 Å². The number of benzene rings is 2. The van der Waals surface area contributed by atoms with E-state index in [0.29, 0.717) is 11.8 Å². The predicted octanol–water partition coefficient (Wildman–Crippen LogP) is 1.91. The molecule has 0 unspecified atom stereocenters. The molecule has 7 heteroatoms. The number of amides is 2. The van der Waals surface area contributed by atoms with Crippen LogP contribution in [0.4, 0.5) is 0 Å². The molecule has 0 N–H and O–H groups in total. The van der Waals surface area contributed by atoms with Gasteiger partial charge < -0.3 is 4.79 Å². The van der Waals surface area contributed by atoms with E-state index in [4.69, 9.17) is 0 Å². The number of carbonyl (C=O) groups is 3. The second-order valence-corrected chi connectivity index (χ2v) is 5.68. The fourth-order valence-corrected chi connectivity index (χ4v) is 3.08. The fourth-order valence-electron chi connectivity index (χ4n) is 3.08. The average molecular weight is 338 g/mol. The molecule has 0 fully saturated rings. The highest BCUT2D eigenvalue weighted by molar-refractivity contribution is 6.21. The summed E-state index contributed by atoms with van der Waals surface area (Å²) >= 11 is 0. The van der Waals surface area contributed by atoms with Crippen LogP contribution in [0, 0.1) is 10.1 Å². The lowest BCUT2D eigenvalue weighted by atomic mass is 9.91. The molecule has 0 saturated carbocycles. The number of rotatable bonds is 6. The quantitative estimate of drug-likeness (QED) is 0.347. The molecule has 0 aromatic heterocycles. The zero-order valence-electron chi connectivity index (χ0n) is 13.1. The van der Waals surface area contributed by atoms with E-state index in [1.54, 1.807) is 42.5 Å². The first kappa shape index (κ1) is 16.5. The fraction of sp³-hybridized carbons (Fsp3) is 0.167. The van der Waals surface area contributed by atoms with Crippen LogP contribution in [0.25, 0.3) is 0 Å². The lowest BCUT2D eigenvalue weighted by molar-refractivity contribution is -0.485. The summed E-state index contributed by atoms with van der Waals surface area (Å²) < 4.78 is 0. The molecular weight excluding hydrogens is 324 g/mol. The molecule has 1 aliphatic rings. The van der Waals surface area contributed by atoms with Crippen molar-refractivity contribution in [1.82, 2.24) is 4.90 Å². The van der Waals surface area contributed by atoms with Crippen molar-refractivity contribution in [3.8, 4) is 0 Å². The Morgan fingerprint density at radius 3 is 1.96 bits per heavy atom. The number of nitrogens with zero attached hydrogens (tertiary/aromatic N) is 2. The molecule has 7 nitrogen and oxygen atoms in total. The van der Waals surface area contributed by atoms with Crippen LogP contribution in [0.15, 0.2) is 54.6 Å². The van der Waals surface area contributed by atoms with Crippen LogP contribution in [0.5, 0.6) is 0 Å². The SMILES string of the molecule is O=C[C@@H](c1ccccc1)[C@@H](C[N+](=O)[O-])N1C(=O)c2ccccc2C1=O. The van der Waals surface area contributed by atoms with Gasteiger partial charge in [0.15, 0.2) is 0 Å². The molecule has 2 atom stereocenters. The Hall–Kier alpha value is -3.35. The Morgan fingerprint density at radius 1 is 0.960 bits per heavy atom. The molecule has 0 radical (unpaired) electrons. The van der Waals surface area contributed by atoms with Gasteiger partial charge in [0.25, 0.3) is 11.8 Å². The lowest BCUT2D eigenvalue weighted by Crippen LogP contribution is -2.47. The van der Waals surface area contributed by atoms with E-state index >= 15 is 0 Å². The van der Waals surface area contributed by atoms with Crippen LogP contribution >= 0.6 is 0 Å². The molecule has 1 aliphatic heterocycles. The van der Waals surface area contributed by atoms with Gasteiger partial charge in [0.2, 0.25) is 6.54 Å². The molecule has 0 bridgehead atoms. The summed E-state index contributed by atoms with van der Waals surface area (Å²) in [5.41, 5.74) is 0.901. The van der Waals surface area contributed by atoms with Crippen LogP contribution in [0.2, 0.25) is 0 Å². The minimum absolute atomic E-state index is 0.193. The average Bonchev–Trinajstić information content (AvgIpc) is 2.87. The Balaban J connectivity index is 2.05. The normalized spacial score (nSPS) is 15.6. The van der Waals surface area contributed by atoms with Crippen molar-refractivity contribution in [3.05, 3.63) is 81.4 Å². The molecule has 126 valence electrons. The van der Waals surface area contributed by atoms with Gasteiger partial charge in [0.1, 0.15) is 12.3 Å². The molecule has 2 amide bonds. The highest BCUT2D eigenvalue weighted by Gasteiger charge is 2.45. The van der Waals surface area contributed by atoms with Crippen molar-refractivity contribution < 1.29 is 19.3 Å². The van der Waals surface area contributed by atoms with Gasteiger partial charge in [0.05, 0.1) is 17.0 Å². The molecule has 2 aromatic rings. The third-order valence-corrected chi connectivity index (χ3v) is 4.24. The largest absolute Gasteiger partial charge is 0.303 e. The number of imide groups is 1. The van der Waals surface area contributed by atoms with Gasteiger partial charge in [-0.2, -0.15) is 0 Å². The second kappa shape index (κ2) is 6.64. The zero-order valence-corrected chi connectivity index (χ0v) is 13.1. The molecule has 25 heavy (non-hydrogen) atoms. The number of hydrogen-bond donors (Lipinski definition) is 0. The molecule has 1 heterocycles. The third-order valence-electron chi connectivity index (χ3n) is 4.24. The Bertz CT molecular complexity index is 815. The summed E-state index contributed by atoms with van der Waals surface area (Å²) in [6, 6.07) is 13.4. The van der Waals surface area contributed by atoms with Crippen molar-refractivity contribution in [3.63, 3.8) is 0 Å². The first-order valence-electron chi connectivity index (χ1n) is 7.63. The van der Waals surface area contributed by atoms with Crippen molar-refractivity contribution in [1.29, 1.82) is 0 Å². The summed E-state index contributed by atoms with van der Waals surface area (Å²) in [7, 11) is 0. The maximum atomic E-state index is 12.6. The van der Waals surface area contributed by atoms with Gasteiger partial charge >= 0.3 is 0 Å². The third kappa shape index (κ3) is 2.91. The summed E-state index contributed by atoms with van der Waals surface area (Å²) in [6.07, 6.45) is 0.549. The van der Waals surface area contributed by atoms with E-state index < -0.39 is 35.2 Å². The predicted molar refractivity (Wildman–Crippen MR) is 87.8 cm³/mol. The van der Waals surface area contributed by atoms with E-state index in [1.165, 1.54) is 12.1 Å². The Morgan fingerprint density at radius 2 is 1.48 bits per heavy atom. The molecular formula is C18H14N2O5. The number of nitro groups is 1. The maximum absolute atomic E-state index is 12.6. The van der Waals surface area contributed by atoms with E-state index in [1.807, 2.05) is 0 Å². The monoisotopic (exact) mass is 338 g/mol. The molecule has 3 rings (SSSR count). The van der Waals surface area contributed by atoms with Crippen molar-refractivity contribution >= 4 is 18.1 Å². The summed E-state index contributed by atoms with van der Waals surface area (Å²) in [6.45, 7) is -0.705. The number of carbonyl (C=O) groups excluding carboxylic acids is 3. The standard InChI is InChI=1S/C18H14N2O5/c21-11-15(12-6-2-1-3-7-12)16(10-19(24)25)20-17(22)13-8-4-5-9-14(13)18(20)23/h1-9,11,15-16H,10H2/t15-,16+/m0/s1. The Labute approximate surface area is 143 Å². The first-order chi connectivity index (χ1) is 12.0. The number of aldehydes is 1. The topological polar surface area (TPSA) is 97.6 Å². The van der Waals surface area contributed by atoms with E-state index in [-0.39, 0.29) is 11.1 Å². The number of hydrogen-bond acceptors (Lipinski definition) is 5. The van der Waals surface area contributed by atoms with Gasteiger partial charge in [0, 0.05) is 4.92 Å². The smallest absolute Gasteiger partial charge is 0.262 e. The van der Waals surface area contributed by atoms with E-state index in [0.717, 1.165) is 4.90 Å².